The van der Waals surface area contributed by atoms with Crippen LogP contribution in [0.4, 0.5) is 0 Å². The van der Waals surface area contributed by atoms with Crippen molar-refractivity contribution in [1.29, 1.82) is 0 Å². The number of hydrogen-bond donors (Lipinski definition) is 0. The molecule has 0 radical (unpaired) electrons. The third-order valence-electron chi connectivity index (χ3n) is 2.84. The summed E-state index contributed by atoms with van der Waals surface area (Å²) in [5, 5.41) is 0. The number of aryl methyl sites for hydroxylation is 2. The first kappa shape index (κ1) is 13.7. The van der Waals surface area contributed by atoms with Gasteiger partial charge in [0.05, 0.1) is 18.4 Å². The summed E-state index contributed by atoms with van der Waals surface area (Å²) in [6, 6.07) is 11.9. The van der Waals surface area contributed by atoms with E-state index in [1.54, 1.807) is 12.3 Å². The summed E-state index contributed by atoms with van der Waals surface area (Å²) in [6.45, 7) is 0. The molecule has 0 atom stereocenters. The van der Waals surface area contributed by atoms with Crippen molar-refractivity contribution in [2.24, 2.45) is 0 Å². The Morgan fingerprint density at radius 3 is 2.68 bits per heavy atom. The predicted octanol–water partition coefficient (Wildman–Crippen LogP) is 3.42. The van der Waals surface area contributed by atoms with Crippen LogP contribution in [0.15, 0.2) is 47.1 Å². The molecule has 0 spiro atoms. The van der Waals surface area contributed by atoms with Crippen molar-refractivity contribution in [2.75, 3.05) is 7.11 Å². The average Bonchev–Trinajstić information content (AvgIpc) is 2.46. The summed E-state index contributed by atoms with van der Waals surface area (Å²) in [4.78, 5) is 16.0. The second-order valence-corrected chi connectivity index (χ2v) is 5.04. The van der Waals surface area contributed by atoms with Crippen LogP contribution in [0.2, 0.25) is 0 Å². The quantitative estimate of drug-likeness (QED) is 0.811. The molecule has 0 N–H and O–H groups in total. The van der Waals surface area contributed by atoms with Crippen LogP contribution in [0.25, 0.3) is 0 Å². The zero-order chi connectivity index (χ0) is 13.7. The number of benzene rings is 1. The minimum absolute atomic E-state index is 0.350. The lowest BCUT2D eigenvalue weighted by Gasteiger charge is -2.07. The SMILES string of the molecule is COC(=O)c1cc(Br)cnc1CCc1ccccc1. The van der Waals surface area contributed by atoms with Gasteiger partial charge >= 0.3 is 5.97 Å². The number of carbonyl (C=O) groups excluding carboxylic acids is 1. The first-order valence-corrected chi connectivity index (χ1v) is 6.76. The van der Waals surface area contributed by atoms with Crippen molar-refractivity contribution in [2.45, 2.75) is 12.8 Å². The van der Waals surface area contributed by atoms with Crippen LogP contribution in [0, 0.1) is 0 Å². The zero-order valence-corrected chi connectivity index (χ0v) is 12.2. The van der Waals surface area contributed by atoms with Crippen LogP contribution < -0.4 is 0 Å². The molecule has 0 saturated heterocycles. The van der Waals surface area contributed by atoms with E-state index in [-0.39, 0.29) is 5.97 Å². The van der Waals surface area contributed by atoms with Gasteiger partial charge in [-0.3, -0.25) is 4.98 Å². The fraction of sp³-hybridized carbons (Fsp3) is 0.200. The van der Waals surface area contributed by atoms with Gasteiger partial charge < -0.3 is 4.74 Å². The number of methoxy groups -OCH3 is 1. The normalized spacial score (nSPS) is 10.2. The van der Waals surface area contributed by atoms with E-state index in [1.165, 1.54) is 12.7 Å². The van der Waals surface area contributed by atoms with Crippen molar-refractivity contribution in [1.82, 2.24) is 4.98 Å². The molecule has 0 unspecified atom stereocenters. The summed E-state index contributed by atoms with van der Waals surface area (Å²) in [5.74, 6) is -0.350. The molecule has 1 heterocycles. The van der Waals surface area contributed by atoms with Crippen LogP contribution in [-0.4, -0.2) is 18.1 Å². The molecule has 1 aromatic heterocycles. The molecule has 0 aliphatic carbocycles. The molecule has 2 rings (SSSR count). The topological polar surface area (TPSA) is 39.2 Å². The standard InChI is InChI=1S/C15H14BrNO2/c1-19-15(18)13-9-12(16)10-17-14(13)8-7-11-5-3-2-4-6-11/h2-6,9-10H,7-8H2,1H3. The number of halogens is 1. The van der Waals surface area contributed by atoms with Crippen molar-refractivity contribution >= 4 is 21.9 Å². The molecule has 3 nitrogen and oxygen atoms in total. The van der Waals surface area contributed by atoms with Gasteiger partial charge in [-0.05, 0) is 40.4 Å². The molecule has 0 amide bonds. The lowest BCUT2D eigenvalue weighted by atomic mass is 10.0. The lowest BCUT2D eigenvalue weighted by Crippen LogP contribution is -2.08. The Hall–Kier alpha value is -1.68. The molecule has 0 aliphatic rings. The minimum atomic E-state index is -0.350. The van der Waals surface area contributed by atoms with E-state index in [4.69, 9.17) is 4.74 Å². The van der Waals surface area contributed by atoms with Gasteiger partial charge in [0, 0.05) is 10.7 Å². The Labute approximate surface area is 120 Å². The molecule has 98 valence electrons. The Morgan fingerprint density at radius 1 is 1.26 bits per heavy atom. The molecule has 19 heavy (non-hydrogen) atoms. The molecule has 0 aliphatic heterocycles. The second-order valence-electron chi connectivity index (χ2n) is 4.12. The lowest BCUT2D eigenvalue weighted by molar-refractivity contribution is 0.0598. The summed E-state index contributed by atoms with van der Waals surface area (Å²) in [7, 11) is 1.38. The first-order chi connectivity index (χ1) is 9.20. The predicted molar refractivity (Wildman–Crippen MR) is 77.1 cm³/mol. The maximum atomic E-state index is 11.7. The van der Waals surface area contributed by atoms with Gasteiger partial charge in [-0.1, -0.05) is 30.3 Å². The van der Waals surface area contributed by atoms with Crippen LogP contribution in [0.5, 0.6) is 0 Å². The maximum Gasteiger partial charge on any atom is 0.339 e. The van der Waals surface area contributed by atoms with Crippen LogP contribution in [0.1, 0.15) is 21.6 Å². The summed E-state index contributed by atoms with van der Waals surface area (Å²) < 4.78 is 5.56. The summed E-state index contributed by atoms with van der Waals surface area (Å²) in [6.07, 6.45) is 3.26. The minimum Gasteiger partial charge on any atom is -0.465 e. The number of nitrogens with zero attached hydrogens (tertiary/aromatic N) is 1. The van der Waals surface area contributed by atoms with Crippen LogP contribution >= 0.6 is 15.9 Å². The van der Waals surface area contributed by atoms with Crippen molar-refractivity contribution in [3.63, 3.8) is 0 Å². The van der Waals surface area contributed by atoms with E-state index in [9.17, 15) is 4.79 Å². The van der Waals surface area contributed by atoms with E-state index in [2.05, 4.69) is 33.0 Å². The van der Waals surface area contributed by atoms with Crippen molar-refractivity contribution < 1.29 is 9.53 Å². The third-order valence-corrected chi connectivity index (χ3v) is 3.27. The molecule has 0 fully saturated rings. The number of ether oxygens (including phenoxy) is 1. The maximum absolute atomic E-state index is 11.7. The molecule has 0 bridgehead atoms. The summed E-state index contributed by atoms with van der Waals surface area (Å²) >= 11 is 3.32. The molecule has 2 aromatic rings. The Balaban J connectivity index is 2.18. The number of carbonyl (C=O) groups is 1. The fourth-order valence-corrected chi connectivity index (χ4v) is 2.19. The monoisotopic (exact) mass is 319 g/mol. The molecular weight excluding hydrogens is 306 g/mol. The fourth-order valence-electron chi connectivity index (χ4n) is 1.86. The Kier molecular flexibility index (Phi) is 4.68. The molecule has 4 heteroatoms. The third kappa shape index (κ3) is 3.64. The van der Waals surface area contributed by atoms with E-state index >= 15 is 0 Å². The molecular formula is C15H14BrNO2. The van der Waals surface area contributed by atoms with Gasteiger partial charge in [-0.2, -0.15) is 0 Å². The Bertz CT molecular complexity index is 570. The Morgan fingerprint density at radius 2 is 2.00 bits per heavy atom. The van der Waals surface area contributed by atoms with E-state index in [1.807, 2.05) is 18.2 Å². The van der Waals surface area contributed by atoms with Gasteiger partial charge in [0.25, 0.3) is 0 Å². The van der Waals surface area contributed by atoms with Crippen LogP contribution in [-0.2, 0) is 17.6 Å². The smallest absolute Gasteiger partial charge is 0.339 e. The van der Waals surface area contributed by atoms with Crippen molar-refractivity contribution in [3.8, 4) is 0 Å². The largest absolute Gasteiger partial charge is 0.465 e. The molecule has 0 saturated carbocycles. The average molecular weight is 320 g/mol. The van der Waals surface area contributed by atoms with Gasteiger partial charge in [0.15, 0.2) is 0 Å². The van der Waals surface area contributed by atoms with Crippen molar-refractivity contribution in [3.05, 3.63) is 63.9 Å². The van der Waals surface area contributed by atoms with E-state index in [0.717, 1.165) is 16.6 Å². The van der Waals surface area contributed by atoms with Gasteiger partial charge in [0.1, 0.15) is 0 Å². The number of pyridine rings is 1. The number of rotatable bonds is 4. The summed E-state index contributed by atoms with van der Waals surface area (Å²) in [5.41, 5.74) is 2.51. The highest BCUT2D eigenvalue weighted by atomic mass is 79.9. The number of hydrogen-bond acceptors (Lipinski definition) is 3. The van der Waals surface area contributed by atoms with Gasteiger partial charge in [0.2, 0.25) is 0 Å². The van der Waals surface area contributed by atoms with Gasteiger partial charge in [-0.15, -0.1) is 0 Å². The molecule has 1 aromatic carbocycles. The van der Waals surface area contributed by atoms with E-state index < -0.39 is 0 Å². The van der Waals surface area contributed by atoms with Crippen LogP contribution in [0.3, 0.4) is 0 Å². The number of esters is 1. The second kappa shape index (κ2) is 6.48. The zero-order valence-electron chi connectivity index (χ0n) is 10.6. The highest BCUT2D eigenvalue weighted by molar-refractivity contribution is 9.10. The van der Waals surface area contributed by atoms with Gasteiger partial charge in [-0.25, -0.2) is 4.79 Å². The first-order valence-electron chi connectivity index (χ1n) is 5.97. The number of aromatic nitrogens is 1. The highest BCUT2D eigenvalue weighted by Gasteiger charge is 2.13. The highest BCUT2D eigenvalue weighted by Crippen LogP contribution is 2.17. The van der Waals surface area contributed by atoms with E-state index in [0.29, 0.717) is 12.0 Å².